The van der Waals surface area contributed by atoms with Gasteiger partial charge in [0.15, 0.2) is 0 Å². The summed E-state index contributed by atoms with van der Waals surface area (Å²) in [6.45, 7) is 1.28. The molecule has 5 heteroatoms. The first-order valence-corrected chi connectivity index (χ1v) is 4.89. The minimum atomic E-state index is -0.458. The van der Waals surface area contributed by atoms with Crippen LogP contribution >= 0.6 is 15.9 Å². The lowest BCUT2D eigenvalue weighted by Gasteiger charge is -2.09. The van der Waals surface area contributed by atoms with Crippen molar-refractivity contribution in [2.24, 2.45) is 0 Å². The van der Waals surface area contributed by atoms with E-state index >= 15 is 0 Å². The Morgan fingerprint density at radius 2 is 2.00 bits per heavy atom. The predicted molar refractivity (Wildman–Crippen MR) is 57.4 cm³/mol. The van der Waals surface area contributed by atoms with Gasteiger partial charge in [-0.25, -0.2) is 0 Å². The Kier molecular flexibility index (Phi) is 3.85. The maximum absolute atomic E-state index is 10.8. The van der Waals surface area contributed by atoms with E-state index in [0.29, 0.717) is 22.1 Å². The van der Waals surface area contributed by atoms with Crippen LogP contribution in [0.5, 0.6) is 11.5 Å². The van der Waals surface area contributed by atoms with Crippen molar-refractivity contribution in [3.05, 3.63) is 22.2 Å². The molecule has 0 unspecified atom stereocenters. The highest BCUT2D eigenvalue weighted by molar-refractivity contribution is 9.10. The molecule has 0 aliphatic heterocycles. The molecule has 0 aromatic heterocycles. The van der Waals surface area contributed by atoms with Crippen molar-refractivity contribution >= 4 is 28.2 Å². The van der Waals surface area contributed by atoms with Gasteiger partial charge in [0, 0.05) is 12.5 Å². The molecule has 0 aliphatic carbocycles. The largest absolute Gasteiger partial charge is 0.495 e. The van der Waals surface area contributed by atoms with Gasteiger partial charge in [-0.3, -0.25) is 9.59 Å². The Balaban J connectivity index is 3.23. The molecule has 0 saturated carbocycles. The first-order valence-electron chi connectivity index (χ1n) is 4.09. The van der Waals surface area contributed by atoms with E-state index in [0.717, 1.165) is 0 Å². The molecule has 0 fully saturated rings. The SMILES string of the molecule is COc1cc(C=O)cc(OC(C)=O)c1Br. The highest BCUT2D eigenvalue weighted by Crippen LogP contribution is 2.35. The molecule has 0 aliphatic rings. The van der Waals surface area contributed by atoms with Crippen LogP contribution in [0.15, 0.2) is 16.6 Å². The molecule has 0 spiro atoms. The maximum Gasteiger partial charge on any atom is 0.308 e. The van der Waals surface area contributed by atoms with Crippen molar-refractivity contribution in [2.75, 3.05) is 7.11 Å². The topological polar surface area (TPSA) is 52.6 Å². The summed E-state index contributed by atoms with van der Waals surface area (Å²) < 4.78 is 10.4. The van der Waals surface area contributed by atoms with Crippen molar-refractivity contribution in [3.63, 3.8) is 0 Å². The molecule has 0 bridgehead atoms. The van der Waals surface area contributed by atoms with Crippen LogP contribution in [0.1, 0.15) is 17.3 Å². The molecule has 0 heterocycles. The van der Waals surface area contributed by atoms with E-state index in [-0.39, 0.29) is 5.75 Å². The fourth-order valence-corrected chi connectivity index (χ4v) is 1.51. The highest BCUT2D eigenvalue weighted by Gasteiger charge is 2.11. The molecule has 80 valence electrons. The van der Waals surface area contributed by atoms with Crippen LogP contribution in [0.25, 0.3) is 0 Å². The number of benzene rings is 1. The number of hydrogen-bond donors (Lipinski definition) is 0. The van der Waals surface area contributed by atoms with Crippen LogP contribution in [0, 0.1) is 0 Å². The molecule has 1 rings (SSSR count). The first-order chi connectivity index (χ1) is 7.08. The third-order valence-electron chi connectivity index (χ3n) is 1.64. The summed E-state index contributed by atoms with van der Waals surface area (Å²) >= 11 is 3.22. The van der Waals surface area contributed by atoms with E-state index < -0.39 is 5.97 Å². The normalized spacial score (nSPS) is 9.53. The molecule has 0 radical (unpaired) electrons. The molecule has 0 atom stereocenters. The molecule has 4 nitrogen and oxygen atoms in total. The fourth-order valence-electron chi connectivity index (χ4n) is 1.04. The predicted octanol–water partition coefficient (Wildman–Crippen LogP) is 2.20. The van der Waals surface area contributed by atoms with Gasteiger partial charge in [-0.1, -0.05) is 0 Å². The lowest BCUT2D eigenvalue weighted by molar-refractivity contribution is -0.131. The third-order valence-corrected chi connectivity index (χ3v) is 2.42. The van der Waals surface area contributed by atoms with Gasteiger partial charge in [-0.2, -0.15) is 0 Å². The van der Waals surface area contributed by atoms with E-state index in [4.69, 9.17) is 9.47 Å². The lowest BCUT2D eigenvalue weighted by atomic mass is 10.2. The van der Waals surface area contributed by atoms with Crippen molar-refractivity contribution < 1.29 is 19.1 Å². The second-order valence-corrected chi connectivity index (χ2v) is 3.54. The van der Waals surface area contributed by atoms with Crippen LogP contribution in [0.3, 0.4) is 0 Å². The van der Waals surface area contributed by atoms with Gasteiger partial charge in [0.1, 0.15) is 22.3 Å². The number of esters is 1. The van der Waals surface area contributed by atoms with Crippen LogP contribution in [0.4, 0.5) is 0 Å². The zero-order valence-electron chi connectivity index (χ0n) is 8.24. The lowest BCUT2D eigenvalue weighted by Crippen LogP contribution is -2.03. The summed E-state index contributed by atoms with van der Waals surface area (Å²) in [5.41, 5.74) is 0.381. The number of rotatable bonds is 3. The number of methoxy groups -OCH3 is 1. The molecule has 0 saturated heterocycles. The van der Waals surface area contributed by atoms with Gasteiger partial charge in [-0.05, 0) is 28.1 Å². The van der Waals surface area contributed by atoms with Gasteiger partial charge in [0.25, 0.3) is 0 Å². The molecule has 1 aromatic carbocycles. The smallest absolute Gasteiger partial charge is 0.308 e. The molecule has 15 heavy (non-hydrogen) atoms. The quantitative estimate of drug-likeness (QED) is 0.481. The molecule has 0 amide bonds. The van der Waals surface area contributed by atoms with Crippen LogP contribution in [-0.2, 0) is 4.79 Å². The summed E-state index contributed by atoms with van der Waals surface area (Å²) in [4.78, 5) is 21.4. The second-order valence-electron chi connectivity index (χ2n) is 2.75. The Labute approximate surface area is 95.3 Å². The van der Waals surface area contributed by atoms with Gasteiger partial charge >= 0.3 is 5.97 Å². The Morgan fingerprint density at radius 3 is 2.47 bits per heavy atom. The third kappa shape index (κ3) is 2.79. The monoisotopic (exact) mass is 272 g/mol. The summed E-state index contributed by atoms with van der Waals surface area (Å²) in [6, 6.07) is 3.01. The van der Waals surface area contributed by atoms with Crippen LogP contribution in [-0.4, -0.2) is 19.4 Å². The number of aldehydes is 1. The number of hydrogen-bond acceptors (Lipinski definition) is 4. The minimum absolute atomic E-state index is 0.268. The Hall–Kier alpha value is -1.36. The van der Waals surface area contributed by atoms with E-state index in [2.05, 4.69) is 15.9 Å². The standard InChI is InChI=1S/C10H9BrO4/c1-6(13)15-9-4-7(5-12)3-8(14-2)10(9)11/h3-5H,1-2H3. The number of carbonyl (C=O) groups excluding carboxylic acids is 2. The Morgan fingerprint density at radius 1 is 1.40 bits per heavy atom. The maximum atomic E-state index is 10.8. The summed E-state index contributed by atoms with van der Waals surface area (Å²) in [7, 11) is 1.46. The van der Waals surface area contributed by atoms with Crippen LogP contribution < -0.4 is 9.47 Å². The van der Waals surface area contributed by atoms with E-state index in [1.165, 1.54) is 20.1 Å². The van der Waals surface area contributed by atoms with E-state index in [9.17, 15) is 9.59 Å². The fraction of sp³-hybridized carbons (Fsp3) is 0.200. The minimum Gasteiger partial charge on any atom is -0.495 e. The van der Waals surface area contributed by atoms with Gasteiger partial charge < -0.3 is 9.47 Å². The van der Waals surface area contributed by atoms with Crippen LogP contribution in [0.2, 0.25) is 0 Å². The Bertz CT molecular complexity index is 401. The van der Waals surface area contributed by atoms with Crippen molar-refractivity contribution in [3.8, 4) is 11.5 Å². The molecular weight excluding hydrogens is 264 g/mol. The summed E-state index contributed by atoms with van der Waals surface area (Å²) in [6.07, 6.45) is 0.655. The average Bonchev–Trinajstić information content (AvgIpc) is 2.20. The number of ether oxygens (including phenoxy) is 2. The number of carbonyl (C=O) groups is 2. The first kappa shape index (κ1) is 11.7. The summed E-state index contributed by atoms with van der Waals surface area (Å²) in [5.74, 6) is 0.251. The zero-order valence-corrected chi connectivity index (χ0v) is 9.83. The van der Waals surface area contributed by atoms with Crippen molar-refractivity contribution in [2.45, 2.75) is 6.92 Å². The van der Waals surface area contributed by atoms with Crippen molar-refractivity contribution in [1.82, 2.24) is 0 Å². The average molecular weight is 273 g/mol. The second kappa shape index (κ2) is 4.93. The molecule has 0 N–H and O–H groups in total. The highest BCUT2D eigenvalue weighted by atomic mass is 79.9. The van der Waals surface area contributed by atoms with Gasteiger partial charge in [-0.15, -0.1) is 0 Å². The van der Waals surface area contributed by atoms with Gasteiger partial charge in [0.2, 0.25) is 0 Å². The van der Waals surface area contributed by atoms with Crippen molar-refractivity contribution in [1.29, 1.82) is 0 Å². The zero-order chi connectivity index (χ0) is 11.4. The van der Waals surface area contributed by atoms with Gasteiger partial charge in [0.05, 0.1) is 7.11 Å². The van der Waals surface area contributed by atoms with E-state index in [1.807, 2.05) is 0 Å². The molecular formula is C10H9BrO4. The summed E-state index contributed by atoms with van der Waals surface area (Å²) in [5, 5.41) is 0. The molecule has 1 aromatic rings. The van der Waals surface area contributed by atoms with E-state index in [1.54, 1.807) is 6.07 Å². The number of halogens is 1.